The zero-order valence-corrected chi connectivity index (χ0v) is 17.1. The van der Waals surface area contributed by atoms with Crippen LogP contribution in [0, 0.1) is 0 Å². The Morgan fingerprint density at radius 3 is 2.63 bits per heavy atom. The molecule has 0 aliphatic carbocycles. The fourth-order valence-electron chi connectivity index (χ4n) is 3.60. The lowest BCUT2D eigenvalue weighted by molar-refractivity contribution is -0.132. The van der Waals surface area contributed by atoms with Gasteiger partial charge in [-0.15, -0.1) is 0 Å². The maximum Gasteiger partial charge on any atom is 0.242 e. The summed E-state index contributed by atoms with van der Waals surface area (Å²) in [5.41, 5.74) is 3.27. The van der Waals surface area contributed by atoms with Gasteiger partial charge >= 0.3 is 0 Å². The lowest BCUT2D eigenvalue weighted by atomic mass is 10.1. The summed E-state index contributed by atoms with van der Waals surface area (Å²) >= 11 is 0. The number of pyridine rings is 1. The first kappa shape index (κ1) is 19.7. The highest BCUT2D eigenvalue weighted by molar-refractivity contribution is 5.84. The minimum Gasteiger partial charge on any atom is -0.497 e. The van der Waals surface area contributed by atoms with Gasteiger partial charge in [0.1, 0.15) is 12.3 Å². The van der Waals surface area contributed by atoms with Crippen molar-refractivity contribution < 1.29 is 9.53 Å². The SMILES string of the molecule is COc1ccc2c(ccn2CC(=O)N(CCc2ccccc2)Cc2cccnc2)c1. The zero-order valence-electron chi connectivity index (χ0n) is 17.1. The molecule has 0 unspecified atom stereocenters. The van der Waals surface area contributed by atoms with Gasteiger partial charge in [-0.05, 0) is 47.9 Å². The van der Waals surface area contributed by atoms with Gasteiger partial charge in [-0.1, -0.05) is 36.4 Å². The van der Waals surface area contributed by atoms with E-state index < -0.39 is 0 Å². The van der Waals surface area contributed by atoms with Gasteiger partial charge in [0.25, 0.3) is 0 Å². The summed E-state index contributed by atoms with van der Waals surface area (Å²) in [4.78, 5) is 19.4. The quantitative estimate of drug-likeness (QED) is 0.443. The van der Waals surface area contributed by atoms with Crippen molar-refractivity contribution >= 4 is 16.8 Å². The predicted octanol–water partition coefficient (Wildman–Crippen LogP) is 4.32. The molecule has 0 saturated carbocycles. The summed E-state index contributed by atoms with van der Waals surface area (Å²) in [7, 11) is 1.66. The van der Waals surface area contributed by atoms with Crippen LogP contribution in [0.1, 0.15) is 11.1 Å². The van der Waals surface area contributed by atoms with Crippen LogP contribution in [0.15, 0.2) is 85.3 Å². The molecule has 5 nitrogen and oxygen atoms in total. The van der Waals surface area contributed by atoms with Crippen LogP contribution in [0.2, 0.25) is 0 Å². The van der Waals surface area contributed by atoms with Crippen molar-refractivity contribution in [2.24, 2.45) is 0 Å². The third-order valence-electron chi connectivity index (χ3n) is 5.25. The standard InChI is InChI=1S/C25H25N3O2/c1-30-23-9-10-24-22(16-23)12-15-27(24)19-25(29)28(18-21-8-5-13-26-17-21)14-11-20-6-3-2-4-7-20/h2-10,12-13,15-17H,11,14,18-19H2,1H3. The molecule has 2 aromatic carbocycles. The Labute approximate surface area is 176 Å². The number of rotatable bonds is 8. The minimum atomic E-state index is 0.0862. The molecule has 0 radical (unpaired) electrons. The van der Waals surface area contributed by atoms with Crippen LogP contribution >= 0.6 is 0 Å². The number of aromatic nitrogens is 2. The van der Waals surface area contributed by atoms with Gasteiger partial charge in [0.2, 0.25) is 5.91 Å². The van der Waals surface area contributed by atoms with E-state index in [0.29, 0.717) is 19.6 Å². The van der Waals surface area contributed by atoms with Crippen LogP contribution in [-0.2, 0) is 24.3 Å². The summed E-state index contributed by atoms with van der Waals surface area (Å²) in [6, 6.07) is 22.1. The van der Waals surface area contributed by atoms with Crippen molar-refractivity contribution in [1.82, 2.24) is 14.5 Å². The molecular formula is C25H25N3O2. The Hall–Kier alpha value is -3.60. The van der Waals surface area contributed by atoms with Gasteiger partial charge in [-0.3, -0.25) is 9.78 Å². The number of hydrogen-bond donors (Lipinski definition) is 0. The first-order valence-electron chi connectivity index (χ1n) is 10.1. The number of benzene rings is 2. The lowest BCUT2D eigenvalue weighted by Crippen LogP contribution is -2.35. The third kappa shape index (κ3) is 4.69. The van der Waals surface area contributed by atoms with E-state index in [-0.39, 0.29) is 5.91 Å². The van der Waals surface area contributed by atoms with E-state index in [4.69, 9.17) is 4.74 Å². The first-order valence-corrected chi connectivity index (χ1v) is 10.1. The second-order valence-corrected chi connectivity index (χ2v) is 7.28. The van der Waals surface area contributed by atoms with E-state index >= 15 is 0 Å². The highest BCUT2D eigenvalue weighted by atomic mass is 16.5. The molecule has 5 heteroatoms. The molecule has 0 bridgehead atoms. The minimum absolute atomic E-state index is 0.0862. The van der Waals surface area contributed by atoms with E-state index in [1.54, 1.807) is 13.3 Å². The van der Waals surface area contributed by atoms with E-state index in [9.17, 15) is 4.79 Å². The highest BCUT2D eigenvalue weighted by Gasteiger charge is 2.16. The molecule has 0 spiro atoms. The monoisotopic (exact) mass is 399 g/mol. The largest absolute Gasteiger partial charge is 0.497 e. The number of carbonyl (C=O) groups excluding carboxylic acids is 1. The summed E-state index contributed by atoms with van der Waals surface area (Å²) < 4.78 is 7.30. The third-order valence-corrected chi connectivity index (χ3v) is 5.25. The van der Waals surface area contributed by atoms with Gasteiger partial charge < -0.3 is 14.2 Å². The number of methoxy groups -OCH3 is 1. The average molecular weight is 399 g/mol. The molecule has 4 aromatic rings. The molecule has 0 aliphatic heterocycles. The maximum absolute atomic E-state index is 13.3. The molecule has 30 heavy (non-hydrogen) atoms. The van der Waals surface area contributed by atoms with E-state index in [2.05, 4.69) is 17.1 Å². The Morgan fingerprint density at radius 2 is 1.87 bits per heavy atom. The van der Waals surface area contributed by atoms with Crippen LogP contribution in [0.3, 0.4) is 0 Å². The van der Waals surface area contributed by atoms with Gasteiger partial charge in [0.05, 0.1) is 7.11 Å². The second kappa shape index (κ2) is 9.27. The molecule has 0 N–H and O–H groups in total. The van der Waals surface area contributed by atoms with Crippen molar-refractivity contribution in [2.45, 2.75) is 19.5 Å². The zero-order chi connectivity index (χ0) is 20.8. The van der Waals surface area contributed by atoms with Crippen molar-refractivity contribution in [1.29, 1.82) is 0 Å². The fraction of sp³-hybridized carbons (Fsp3) is 0.200. The smallest absolute Gasteiger partial charge is 0.242 e. The summed E-state index contributed by atoms with van der Waals surface area (Å²) in [5.74, 6) is 0.899. The Kier molecular flexibility index (Phi) is 6.09. The Balaban J connectivity index is 1.52. The molecule has 2 heterocycles. The maximum atomic E-state index is 13.3. The number of ether oxygens (including phenoxy) is 1. The van der Waals surface area contributed by atoms with Crippen molar-refractivity contribution in [2.75, 3.05) is 13.7 Å². The number of nitrogens with zero attached hydrogens (tertiary/aromatic N) is 3. The average Bonchev–Trinajstić information content (AvgIpc) is 3.19. The van der Waals surface area contributed by atoms with E-state index in [1.165, 1.54) is 5.56 Å². The van der Waals surface area contributed by atoms with Crippen LogP contribution in [0.4, 0.5) is 0 Å². The topological polar surface area (TPSA) is 47.4 Å². The number of hydrogen-bond acceptors (Lipinski definition) is 3. The number of fused-ring (bicyclic) bond motifs is 1. The highest BCUT2D eigenvalue weighted by Crippen LogP contribution is 2.22. The Bertz CT molecular complexity index is 1110. The van der Waals surface area contributed by atoms with E-state index in [0.717, 1.165) is 28.6 Å². The van der Waals surface area contributed by atoms with Crippen LogP contribution in [0.25, 0.3) is 10.9 Å². The molecule has 1 amide bonds. The molecule has 2 aromatic heterocycles. The van der Waals surface area contributed by atoms with Crippen molar-refractivity contribution in [3.63, 3.8) is 0 Å². The summed E-state index contributed by atoms with van der Waals surface area (Å²) in [6.45, 7) is 1.50. The first-order chi connectivity index (χ1) is 14.7. The summed E-state index contributed by atoms with van der Waals surface area (Å²) in [5, 5.41) is 1.06. The van der Waals surface area contributed by atoms with Gasteiger partial charge in [0.15, 0.2) is 0 Å². The molecular weight excluding hydrogens is 374 g/mol. The molecule has 4 rings (SSSR count). The Morgan fingerprint density at radius 1 is 1.03 bits per heavy atom. The van der Waals surface area contributed by atoms with E-state index in [1.807, 2.05) is 76.5 Å². The number of amides is 1. The summed E-state index contributed by atoms with van der Waals surface area (Å²) in [6.07, 6.45) is 6.35. The van der Waals surface area contributed by atoms with Gasteiger partial charge in [-0.2, -0.15) is 0 Å². The normalized spacial score (nSPS) is 10.8. The predicted molar refractivity (Wildman–Crippen MR) is 118 cm³/mol. The van der Waals surface area contributed by atoms with Crippen molar-refractivity contribution in [3.8, 4) is 5.75 Å². The van der Waals surface area contributed by atoms with Crippen molar-refractivity contribution in [3.05, 3.63) is 96.4 Å². The molecule has 0 atom stereocenters. The molecule has 0 fully saturated rings. The molecule has 152 valence electrons. The fourth-order valence-corrected chi connectivity index (χ4v) is 3.60. The van der Waals surface area contributed by atoms with Gasteiger partial charge in [0, 0.05) is 42.6 Å². The molecule has 0 aliphatic rings. The lowest BCUT2D eigenvalue weighted by Gasteiger charge is -2.23. The van der Waals surface area contributed by atoms with Crippen LogP contribution in [-0.4, -0.2) is 34.0 Å². The van der Waals surface area contributed by atoms with Crippen LogP contribution in [0.5, 0.6) is 5.75 Å². The number of carbonyl (C=O) groups is 1. The molecule has 0 saturated heterocycles. The van der Waals surface area contributed by atoms with Crippen LogP contribution < -0.4 is 4.74 Å². The second-order valence-electron chi connectivity index (χ2n) is 7.28. The van der Waals surface area contributed by atoms with Gasteiger partial charge in [-0.25, -0.2) is 0 Å².